The maximum absolute atomic E-state index is 12.4. The summed E-state index contributed by atoms with van der Waals surface area (Å²) in [6.07, 6.45) is 1.07. The van der Waals surface area contributed by atoms with Crippen LogP contribution in [0.25, 0.3) is 6.08 Å². The molecular formula is C17H19NO6S. The van der Waals surface area contributed by atoms with E-state index in [0.717, 1.165) is 4.90 Å². The first-order chi connectivity index (χ1) is 11.8. The molecule has 0 radical (unpaired) electrons. The van der Waals surface area contributed by atoms with Crippen molar-refractivity contribution in [3.63, 3.8) is 0 Å². The van der Waals surface area contributed by atoms with Gasteiger partial charge in [0.2, 0.25) is 0 Å². The van der Waals surface area contributed by atoms with Gasteiger partial charge in [-0.1, -0.05) is 0 Å². The van der Waals surface area contributed by atoms with Crippen LogP contribution < -0.4 is 4.74 Å². The van der Waals surface area contributed by atoms with Crippen LogP contribution in [-0.2, 0) is 14.3 Å². The number of rotatable bonds is 6. The molecule has 1 N–H and O–H groups in total. The van der Waals surface area contributed by atoms with E-state index in [0.29, 0.717) is 29.7 Å². The van der Waals surface area contributed by atoms with Crippen molar-refractivity contribution in [2.75, 3.05) is 13.2 Å². The van der Waals surface area contributed by atoms with Gasteiger partial charge < -0.3 is 14.6 Å². The quantitative estimate of drug-likeness (QED) is 0.612. The van der Waals surface area contributed by atoms with Crippen molar-refractivity contribution in [3.05, 3.63) is 28.7 Å². The molecule has 1 aliphatic heterocycles. The highest BCUT2D eigenvalue weighted by molar-refractivity contribution is 8.18. The van der Waals surface area contributed by atoms with E-state index >= 15 is 0 Å². The van der Waals surface area contributed by atoms with Gasteiger partial charge >= 0.3 is 5.97 Å². The van der Waals surface area contributed by atoms with E-state index < -0.39 is 23.7 Å². The molecule has 1 fully saturated rings. The Labute approximate surface area is 149 Å². The van der Waals surface area contributed by atoms with Crippen molar-refractivity contribution in [1.82, 2.24) is 4.90 Å². The Bertz CT molecular complexity index is 728. The highest BCUT2D eigenvalue weighted by Crippen LogP contribution is 2.34. The van der Waals surface area contributed by atoms with Gasteiger partial charge in [0.15, 0.2) is 0 Å². The molecule has 2 rings (SSSR count). The number of carbonyl (C=O) groups is 3. The second-order valence-corrected chi connectivity index (χ2v) is 6.45. The minimum absolute atomic E-state index is 0.0468. The molecule has 1 aromatic carbocycles. The average molecular weight is 365 g/mol. The molecule has 1 aromatic rings. The number of carbonyl (C=O) groups excluding carboxylic acids is 3. The van der Waals surface area contributed by atoms with Crippen LogP contribution in [0.4, 0.5) is 4.79 Å². The van der Waals surface area contributed by atoms with Crippen LogP contribution in [-0.4, -0.2) is 46.4 Å². The number of amides is 2. The lowest BCUT2D eigenvalue weighted by molar-refractivity contribution is -0.149. The van der Waals surface area contributed by atoms with E-state index in [2.05, 4.69) is 0 Å². The van der Waals surface area contributed by atoms with Crippen molar-refractivity contribution < 1.29 is 29.0 Å². The molecule has 0 saturated carbocycles. The highest BCUT2D eigenvalue weighted by atomic mass is 32.2. The zero-order valence-electron chi connectivity index (χ0n) is 14.1. The Hall–Kier alpha value is -2.48. The van der Waals surface area contributed by atoms with Crippen LogP contribution in [0.15, 0.2) is 23.1 Å². The number of aromatic hydroxyl groups is 1. The summed E-state index contributed by atoms with van der Waals surface area (Å²) in [7, 11) is 0. The predicted molar refractivity (Wildman–Crippen MR) is 93.2 cm³/mol. The zero-order valence-corrected chi connectivity index (χ0v) is 15.0. The second-order valence-electron chi connectivity index (χ2n) is 5.46. The third kappa shape index (κ3) is 4.76. The van der Waals surface area contributed by atoms with Gasteiger partial charge in [-0.2, -0.15) is 0 Å². The van der Waals surface area contributed by atoms with Crippen molar-refractivity contribution in [2.45, 2.75) is 26.9 Å². The van der Waals surface area contributed by atoms with Gasteiger partial charge in [-0.25, -0.2) is 0 Å². The van der Waals surface area contributed by atoms with E-state index in [1.807, 2.05) is 6.92 Å². The fourth-order valence-electron chi connectivity index (χ4n) is 2.11. The van der Waals surface area contributed by atoms with Gasteiger partial charge in [0, 0.05) is 5.56 Å². The number of nitrogens with zero attached hydrogens (tertiary/aromatic N) is 1. The van der Waals surface area contributed by atoms with Crippen LogP contribution in [0.2, 0.25) is 0 Å². The number of imide groups is 1. The Morgan fingerprint density at radius 2 is 2.08 bits per heavy atom. The van der Waals surface area contributed by atoms with Crippen molar-refractivity contribution in [3.8, 4) is 11.5 Å². The summed E-state index contributed by atoms with van der Waals surface area (Å²) in [4.78, 5) is 37.0. The first-order valence-corrected chi connectivity index (χ1v) is 8.54. The average Bonchev–Trinajstić information content (AvgIpc) is 2.78. The Kier molecular flexibility index (Phi) is 6.08. The van der Waals surface area contributed by atoms with E-state index in [4.69, 9.17) is 9.47 Å². The number of ether oxygens (including phenoxy) is 2. The SMILES string of the molecule is CCOc1ccc(O)c(/C=C2\SC(=O)N(CC(=O)OC(C)C)C2=O)c1. The number of hydrogen-bond donors (Lipinski definition) is 1. The minimum atomic E-state index is -0.653. The number of esters is 1. The first-order valence-electron chi connectivity index (χ1n) is 7.72. The topological polar surface area (TPSA) is 93.1 Å². The fraction of sp³-hybridized carbons (Fsp3) is 0.353. The van der Waals surface area contributed by atoms with Crippen LogP contribution in [0.5, 0.6) is 11.5 Å². The largest absolute Gasteiger partial charge is 0.507 e. The summed E-state index contributed by atoms with van der Waals surface area (Å²) in [6, 6.07) is 4.62. The summed E-state index contributed by atoms with van der Waals surface area (Å²) in [5.74, 6) is -0.766. The normalized spacial score (nSPS) is 16.0. The highest BCUT2D eigenvalue weighted by Gasteiger charge is 2.37. The third-order valence-electron chi connectivity index (χ3n) is 3.12. The molecule has 0 atom stereocenters. The summed E-state index contributed by atoms with van der Waals surface area (Å²) < 4.78 is 10.3. The molecule has 8 heteroatoms. The number of phenolic OH excluding ortho intramolecular Hbond substituents is 1. The molecule has 1 saturated heterocycles. The molecule has 1 heterocycles. The lowest BCUT2D eigenvalue weighted by Gasteiger charge is -2.13. The standard InChI is InChI=1S/C17H19NO6S/c1-4-23-12-5-6-13(19)11(7-12)8-14-16(21)18(17(22)25-14)9-15(20)24-10(2)3/h5-8,10,19H,4,9H2,1-3H3/b14-8-. The number of benzene rings is 1. The first kappa shape index (κ1) is 18.9. The van der Waals surface area contributed by atoms with Gasteiger partial charge in [0.1, 0.15) is 18.0 Å². The third-order valence-corrected chi connectivity index (χ3v) is 4.03. The monoisotopic (exact) mass is 365 g/mol. The Balaban J connectivity index is 2.20. The van der Waals surface area contributed by atoms with E-state index in [9.17, 15) is 19.5 Å². The molecule has 1 aliphatic rings. The molecule has 0 unspecified atom stereocenters. The molecule has 2 amide bonds. The van der Waals surface area contributed by atoms with Gasteiger partial charge in [-0.15, -0.1) is 0 Å². The second kappa shape index (κ2) is 8.06. The molecule has 7 nitrogen and oxygen atoms in total. The van der Waals surface area contributed by atoms with Gasteiger partial charge in [-0.05, 0) is 56.8 Å². The molecule has 0 aliphatic carbocycles. The van der Waals surface area contributed by atoms with Crippen LogP contribution in [0, 0.1) is 0 Å². The molecule has 0 aromatic heterocycles. The maximum Gasteiger partial charge on any atom is 0.326 e. The minimum Gasteiger partial charge on any atom is -0.507 e. The van der Waals surface area contributed by atoms with E-state index in [-0.39, 0.29) is 16.8 Å². The van der Waals surface area contributed by atoms with Crippen molar-refractivity contribution >= 4 is 35.0 Å². The van der Waals surface area contributed by atoms with Crippen molar-refractivity contribution in [1.29, 1.82) is 0 Å². The zero-order chi connectivity index (χ0) is 18.6. The predicted octanol–water partition coefficient (Wildman–Crippen LogP) is 2.78. The molecule has 25 heavy (non-hydrogen) atoms. The van der Waals surface area contributed by atoms with E-state index in [1.165, 1.54) is 12.1 Å². The Morgan fingerprint density at radius 3 is 2.72 bits per heavy atom. The summed E-state index contributed by atoms with van der Waals surface area (Å²) in [6.45, 7) is 5.21. The summed E-state index contributed by atoms with van der Waals surface area (Å²) in [5, 5.41) is 9.37. The molecule has 134 valence electrons. The van der Waals surface area contributed by atoms with Crippen LogP contribution in [0.1, 0.15) is 26.3 Å². The fourth-order valence-corrected chi connectivity index (χ4v) is 2.94. The Morgan fingerprint density at radius 1 is 1.36 bits per heavy atom. The molecule has 0 spiro atoms. The number of hydrogen-bond acceptors (Lipinski definition) is 7. The molecule has 0 bridgehead atoms. The smallest absolute Gasteiger partial charge is 0.326 e. The van der Waals surface area contributed by atoms with E-state index in [1.54, 1.807) is 26.0 Å². The van der Waals surface area contributed by atoms with Crippen LogP contribution in [0.3, 0.4) is 0 Å². The maximum atomic E-state index is 12.4. The number of thioether (sulfide) groups is 1. The number of phenols is 1. The van der Waals surface area contributed by atoms with Gasteiger partial charge in [0.25, 0.3) is 11.1 Å². The van der Waals surface area contributed by atoms with Crippen LogP contribution >= 0.6 is 11.8 Å². The lowest BCUT2D eigenvalue weighted by atomic mass is 10.1. The molecular weight excluding hydrogens is 346 g/mol. The van der Waals surface area contributed by atoms with Gasteiger partial charge in [0.05, 0.1) is 17.6 Å². The summed E-state index contributed by atoms with van der Waals surface area (Å²) >= 11 is 0.704. The van der Waals surface area contributed by atoms with Gasteiger partial charge in [-0.3, -0.25) is 19.3 Å². The lowest BCUT2D eigenvalue weighted by Crippen LogP contribution is -2.35. The van der Waals surface area contributed by atoms with Crippen molar-refractivity contribution in [2.24, 2.45) is 0 Å². The summed E-state index contributed by atoms with van der Waals surface area (Å²) in [5.41, 5.74) is 0.348.